The van der Waals surface area contributed by atoms with Crippen LogP contribution < -0.4 is 10.0 Å². The molecular formula is C21H15BrN4O7S. The highest BCUT2D eigenvalue weighted by atomic mass is 79.9. The zero-order valence-corrected chi connectivity index (χ0v) is 19.7. The number of nitrogens with one attached hydrogen (secondary N) is 2. The zero-order chi connectivity index (χ0) is 24.5. The molecule has 0 bridgehead atoms. The highest BCUT2D eigenvalue weighted by Gasteiger charge is 2.19. The highest BCUT2D eigenvalue weighted by molar-refractivity contribution is 9.10. The summed E-state index contributed by atoms with van der Waals surface area (Å²) in [5.41, 5.74) is 0.374. The van der Waals surface area contributed by atoms with Crippen molar-refractivity contribution < 1.29 is 32.2 Å². The van der Waals surface area contributed by atoms with E-state index in [9.17, 15) is 23.1 Å². The lowest BCUT2D eigenvalue weighted by atomic mass is 10.1. The number of anilines is 2. The van der Waals surface area contributed by atoms with Gasteiger partial charge in [-0.1, -0.05) is 26.2 Å². The lowest BCUT2D eigenvalue weighted by Crippen LogP contribution is -2.15. The van der Waals surface area contributed by atoms with Crippen LogP contribution in [0.25, 0.3) is 11.3 Å². The molecule has 2 aromatic heterocycles. The van der Waals surface area contributed by atoms with Crippen molar-refractivity contribution in [2.45, 2.75) is 11.8 Å². The number of carbonyl (C=O) groups excluding carboxylic acids is 1. The topological polar surface area (TPSA) is 165 Å². The number of carbonyl (C=O) groups is 2. The third kappa shape index (κ3) is 5.00. The van der Waals surface area contributed by atoms with E-state index in [4.69, 9.17) is 9.05 Å². The first-order valence-electron chi connectivity index (χ1n) is 9.50. The number of aromatic nitrogens is 2. The van der Waals surface area contributed by atoms with Gasteiger partial charge in [-0.25, -0.2) is 13.2 Å². The van der Waals surface area contributed by atoms with E-state index in [2.05, 4.69) is 36.3 Å². The fraction of sp³-hybridized carbons (Fsp3) is 0.0476. The number of aromatic carboxylic acids is 1. The molecule has 1 amide bonds. The summed E-state index contributed by atoms with van der Waals surface area (Å²) in [6.45, 7) is 1.63. The van der Waals surface area contributed by atoms with Crippen molar-refractivity contribution in [1.82, 2.24) is 10.3 Å². The molecule has 3 N–H and O–H groups in total. The minimum atomic E-state index is -3.89. The maximum Gasteiger partial charge on any atom is 0.337 e. The summed E-state index contributed by atoms with van der Waals surface area (Å²) in [6, 6.07) is 12.9. The Morgan fingerprint density at radius 2 is 1.74 bits per heavy atom. The lowest BCUT2D eigenvalue weighted by molar-refractivity contribution is 0.0698. The second-order valence-electron chi connectivity index (χ2n) is 6.98. The van der Waals surface area contributed by atoms with Crippen LogP contribution in [0.2, 0.25) is 0 Å². The van der Waals surface area contributed by atoms with Crippen molar-refractivity contribution in [3.8, 4) is 11.3 Å². The van der Waals surface area contributed by atoms with Crippen LogP contribution in [0, 0.1) is 6.92 Å². The monoisotopic (exact) mass is 546 g/mol. The molecule has 0 fully saturated rings. The minimum Gasteiger partial charge on any atom is -0.478 e. The van der Waals surface area contributed by atoms with Gasteiger partial charge in [0.1, 0.15) is 5.76 Å². The summed E-state index contributed by atoms with van der Waals surface area (Å²) in [4.78, 5) is 23.9. The number of amides is 1. The van der Waals surface area contributed by atoms with Crippen LogP contribution in [0.3, 0.4) is 0 Å². The first-order valence-corrected chi connectivity index (χ1v) is 11.8. The van der Waals surface area contributed by atoms with Crippen molar-refractivity contribution in [1.29, 1.82) is 0 Å². The van der Waals surface area contributed by atoms with Crippen molar-refractivity contribution in [3.63, 3.8) is 0 Å². The summed E-state index contributed by atoms with van der Waals surface area (Å²) in [5.74, 6) is -1.16. The van der Waals surface area contributed by atoms with Crippen LogP contribution >= 0.6 is 15.9 Å². The van der Waals surface area contributed by atoms with E-state index >= 15 is 0 Å². The van der Waals surface area contributed by atoms with Gasteiger partial charge in [0.05, 0.1) is 16.1 Å². The van der Waals surface area contributed by atoms with E-state index < -0.39 is 21.9 Å². The Bertz CT molecular complexity index is 1490. The van der Waals surface area contributed by atoms with Gasteiger partial charge in [-0.3, -0.25) is 9.52 Å². The molecule has 0 unspecified atom stereocenters. The molecule has 0 spiro atoms. The molecular weight excluding hydrogens is 532 g/mol. The molecule has 2 aromatic carbocycles. The number of carboxylic acid groups (broad SMARTS) is 1. The van der Waals surface area contributed by atoms with E-state index in [1.54, 1.807) is 13.0 Å². The van der Waals surface area contributed by atoms with Crippen molar-refractivity contribution >= 4 is 49.3 Å². The molecule has 0 aliphatic carbocycles. The second-order valence-corrected chi connectivity index (χ2v) is 9.58. The Hall–Kier alpha value is -3.97. The molecule has 0 atom stereocenters. The maximum atomic E-state index is 12.5. The maximum absolute atomic E-state index is 12.5. The standard InChI is InChI=1S/C21H15BrN4O7S/c1-11-8-19(25-32-11)26-34(30,31)14-5-2-12(3-6-14)18-10-17(24-33-18)20(27)23-16-7-4-13(22)9-15(16)21(28)29/h2-10H,1H3,(H,23,27)(H,25,26)(H,28,29). The van der Waals surface area contributed by atoms with E-state index in [0.29, 0.717) is 15.8 Å². The number of rotatable bonds is 7. The fourth-order valence-corrected chi connectivity index (χ4v) is 4.26. The third-order valence-electron chi connectivity index (χ3n) is 4.52. The molecule has 34 heavy (non-hydrogen) atoms. The summed E-state index contributed by atoms with van der Waals surface area (Å²) in [7, 11) is -3.89. The molecule has 11 nitrogen and oxygen atoms in total. The molecule has 0 saturated heterocycles. The Morgan fingerprint density at radius 1 is 1.00 bits per heavy atom. The molecule has 4 aromatic rings. The Labute approximate surface area is 200 Å². The summed E-state index contributed by atoms with van der Waals surface area (Å²) >= 11 is 3.19. The fourth-order valence-electron chi connectivity index (χ4n) is 2.92. The molecule has 0 radical (unpaired) electrons. The third-order valence-corrected chi connectivity index (χ3v) is 6.38. The van der Waals surface area contributed by atoms with Crippen LogP contribution in [0.4, 0.5) is 11.5 Å². The van der Waals surface area contributed by atoms with Gasteiger partial charge in [0.25, 0.3) is 15.9 Å². The SMILES string of the molecule is Cc1cc(NS(=O)(=O)c2ccc(-c3cc(C(=O)Nc4ccc(Br)cc4C(=O)O)no3)cc2)no1. The van der Waals surface area contributed by atoms with E-state index in [0.717, 1.165) is 0 Å². The van der Waals surface area contributed by atoms with Gasteiger partial charge >= 0.3 is 5.97 Å². The van der Waals surface area contributed by atoms with Crippen molar-refractivity contribution in [2.24, 2.45) is 0 Å². The largest absolute Gasteiger partial charge is 0.478 e. The van der Waals surface area contributed by atoms with Crippen molar-refractivity contribution in [3.05, 3.63) is 76.1 Å². The van der Waals surface area contributed by atoms with E-state index in [1.807, 2.05) is 0 Å². The number of halogens is 1. The van der Waals surface area contributed by atoms with Gasteiger partial charge in [-0.05, 0) is 49.4 Å². The number of nitrogens with zero attached hydrogens (tertiary/aromatic N) is 2. The van der Waals surface area contributed by atoms with E-state index in [-0.39, 0.29) is 33.4 Å². The molecule has 13 heteroatoms. The average molecular weight is 547 g/mol. The Balaban J connectivity index is 1.50. The number of aryl methyl sites for hydroxylation is 1. The Kier molecular flexibility index (Phi) is 6.22. The molecule has 2 heterocycles. The van der Waals surface area contributed by atoms with Crippen LogP contribution in [-0.2, 0) is 10.0 Å². The smallest absolute Gasteiger partial charge is 0.337 e. The molecule has 0 aliphatic rings. The predicted octanol–water partition coefficient (Wildman–Crippen LogP) is 4.15. The summed E-state index contributed by atoms with van der Waals surface area (Å²) < 4.78 is 37.9. The number of hydrogen-bond acceptors (Lipinski definition) is 8. The number of sulfonamides is 1. The first kappa shape index (κ1) is 23.2. The minimum absolute atomic E-state index is 0.0224. The number of hydrogen-bond donors (Lipinski definition) is 3. The zero-order valence-electron chi connectivity index (χ0n) is 17.3. The van der Waals surface area contributed by atoms with Gasteiger partial charge in [0.15, 0.2) is 17.3 Å². The first-order chi connectivity index (χ1) is 16.1. The Morgan fingerprint density at radius 3 is 2.38 bits per heavy atom. The van der Waals surface area contributed by atoms with Gasteiger partial charge < -0.3 is 19.5 Å². The molecule has 0 aliphatic heterocycles. The lowest BCUT2D eigenvalue weighted by Gasteiger charge is -2.07. The quantitative estimate of drug-likeness (QED) is 0.308. The average Bonchev–Trinajstić information content (AvgIpc) is 3.44. The van der Waals surface area contributed by atoms with Crippen LogP contribution in [0.15, 0.2) is 73.0 Å². The van der Waals surface area contributed by atoms with Crippen LogP contribution in [-0.4, -0.2) is 35.7 Å². The molecule has 0 saturated carbocycles. The van der Waals surface area contributed by atoms with Crippen molar-refractivity contribution in [2.75, 3.05) is 10.0 Å². The highest BCUT2D eigenvalue weighted by Crippen LogP contribution is 2.25. The van der Waals surface area contributed by atoms with Crippen LogP contribution in [0.5, 0.6) is 0 Å². The van der Waals surface area contributed by atoms with Crippen LogP contribution in [0.1, 0.15) is 26.6 Å². The van der Waals surface area contributed by atoms with E-state index in [1.165, 1.54) is 48.5 Å². The van der Waals surface area contributed by atoms with Gasteiger partial charge in [-0.15, -0.1) is 0 Å². The van der Waals surface area contributed by atoms with Gasteiger partial charge in [0, 0.05) is 22.2 Å². The second kappa shape index (κ2) is 9.11. The predicted molar refractivity (Wildman–Crippen MR) is 123 cm³/mol. The number of carboxylic acids is 1. The normalized spacial score (nSPS) is 11.2. The molecule has 174 valence electrons. The summed E-state index contributed by atoms with van der Waals surface area (Å²) in [6.07, 6.45) is 0. The number of benzene rings is 2. The molecule has 4 rings (SSSR count). The van der Waals surface area contributed by atoms with Gasteiger partial charge in [0.2, 0.25) is 0 Å². The van der Waals surface area contributed by atoms with Gasteiger partial charge in [-0.2, -0.15) is 0 Å². The summed E-state index contributed by atoms with van der Waals surface area (Å²) in [5, 5.41) is 19.1.